The molecule has 5 heterocycles. The van der Waals surface area contributed by atoms with Crippen LogP contribution in [0, 0.1) is 19.7 Å². The zero-order chi connectivity index (χ0) is 36.6. The number of nitrogens with zero attached hydrogens (tertiary/aromatic N) is 6. The standard InChI is InChI=1S/C41H52FN7O3/c1-27-10-11-33(21-44-27)46-16-7-9-34(26-46)48(22-29-14-15-43-28(2)18-29)23-30-24-49(32-12-13-32)37-20-38(36(42)19-35(37)39(30)50)47-17-6-8-31(25-47)45-40(51)52-41(3,4)5/h10-11,14-15,18-21,24,31-32,34H,6-9,12-13,16-17,22-23,25-26H2,1-5H3,(H,45,51)/t31-,34+/m1/s1. The number of carbonyl (C=O) groups is 1. The Kier molecular flexibility index (Phi) is 10.2. The Morgan fingerprint density at radius 3 is 2.48 bits per heavy atom. The minimum Gasteiger partial charge on any atom is -0.444 e. The molecule has 7 rings (SSSR count). The van der Waals surface area contributed by atoms with E-state index in [1.165, 1.54) is 6.07 Å². The molecule has 1 aromatic carbocycles. The SMILES string of the molecule is Cc1ccc(N2CCC[C@H](N(Cc3ccnc(C)c3)Cc3cn(C4CC4)c4cc(N5CCC[C@@H](NC(=O)OC(C)(C)C)C5)c(F)cc4c3=O)C2)cn1. The quantitative estimate of drug-likeness (QED) is 0.198. The first kappa shape index (κ1) is 35.9. The predicted molar refractivity (Wildman–Crippen MR) is 203 cm³/mol. The van der Waals surface area contributed by atoms with Gasteiger partial charge in [0.25, 0.3) is 0 Å². The van der Waals surface area contributed by atoms with Crippen LogP contribution in [0.3, 0.4) is 0 Å². The number of rotatable bonds is 9. The van der Waals surface area contributed by atoms with Crippen molar-refractivity contribution in [3.8, 4) is 0 Å². The van der Waals surface area contributed by atoms with E-state index in [9.17, 15) is 9.59 Å². The molecule has 2 saturated heterocycles. The van der Waals surface area contributed by atoms with Crippen molar-refractivity contribution in [1.29, 1.82) is 0 Å². The molecule has 1 amide bonds. The molecule has 2 aliphatic heterocycles. The van der Waals surface area contributed by atoms with Crippen molar-refractivity contribution in [2.45, 2.75) is 110 Å². The van der Waals surface area contributed by atoms with Gasteiger partial charge in [-0.3, -0.25) is 19.7 Å². The number of halogens is 1. The molecule has 4 aromatic rings. The van der Waals surface area contributed by atoms with Crippen LogP contribution in [0.4, 0.5) is 20.6 Å². The number of hydrogen-bond acceptors (Lipinski definition) is 8. The van der Waals surface area contributed by atoms with Crippen LogP contribution in [0.2, 0.25) is 0 Å². The van der Waals surface area contributed by atoms with Crippen LogP contribution in [0.25, 0.3) is 10.9 Å². The number of aromatic nitrogens is 3. The summed E-state index contributed by atoms with van der Waals surface area (Å²) in [5.74, 6) is -0.416. The summed E-state index contributed by atoms with van der Waals surface area (Å²) >= 11 is 0. The van der Waals surface area contributed by atoms with Gasteiger partial charge in [-0.15, -0.1) is 0 Å². The Morgan fingerprint density at radius 2 is 1.75 bits per heavy atom. The molecule has 0 spiro atoms. The third-order valence-electron chi connectivity index (χ3n) is 10.5. The van der Waals surface area contributed by atoms with Gasteiger partial charge in [-0.2, -0.15) is 0 Å². The van der Waals surface area contributed by atoms with Gasteiger partial charge >= 0.3 is 6.09 Å². The lowest BCUT2D eigenvalue weighted by Gasteiger charge is -2.40. The van der Waals surface area contributed by atoms with E-state index in [-0.39, 0.29) is 23.6 Å². The van der Waals surface area contributed by atoms with E-state index < -0.39 is 17.5 Å². The van der Waals surface area contributed by atoms with Crippen molar-refractivity contribution >= 4 is 28.4 Å². The van der Waals surface area contributed by atoms with Gasteiger partial charge in [0.15, 0.2) is 5.43 Å². The molecule has 3 aliphatic rings. The molecule has 0 radical (unpaired) electrons. The molecule has 276 valence electrons. The molecule has 3 fully saturated rings. The Morgan fingerprint density at radius 1 is 0.962 bits per heavy atom. The number of hydrogen-bond donors (Lipinski definition) is 1. The second-order valence-corrected chi connectivity index (χ2v) is 16.0. The van der Waals surface area contributed by atoms with Gasteiger partial charge in [0.1, 0.15) is 11.4 Å². The second kappa shape index (κ2) is 14.8. The molecule has 1 N–H and O–H groups in total. The average molecular weight is 710 g/mol. The topological polar surface area (TPSA) is 95.8 Å². The van der Waals surface area contributed by atoms with Crippen molar-refractivity contribution in [3.63, 3.8) is 0 Å². The summed E-state index contributed by atoms with van der Waals surface area (Å²) in [5, 5.41) is 3.39. The van der Waals surface area contributed by atoms with Crippen LogP contribution >= 0.6 is 0 Å². The molecule has 1 saturated carbocycles. The second-order valence-electron chi connectivity index (χ2n) is 16.0. The number of anilines is 2. The van der Waals surface area contributed by atoms with Crippen LogP contribution in [-0.4, -0.2) is 69.4 Å². The summed E-state index contributed by atoms with van der Waals surface area (Å²) in [6, 6.07) is 12.0. The minimum atomic E-state index is -0.598. The third kappa shape index (κ3) is 8.41. The Bertz CT molecular complexity index is 1970. The van der Waals surface area contributed by atoms with E-state index in [0.717, 1.165) is 79.8 Å². The number of nitrogens with one attached hydrogen (secondary N) is 1. The van der Waals surface area contributed by atoms with Gasteiger partial charge in [0.2, 0.25) is 0 Å². The summed E-state index contributed by atoms with van der Waals surface area (Å²) in [5.41, 5.74) is 5.42. The summed E-state index contributed by atoms with van der Waals surface area (Å²) in [7, 11) is 0. The van der Waals surface area contributed by atoms with Crippen LogP contribution in [-0.2, 0) is 17.8 Å². The first-order chi connectivity index (χ1) is 24.9. The fraction of sp³-hybridized carbons (Fsp3) is 0.512. The van der Waals surface area contributed by atoms with Gasteiger partial charge in [-0.1, -0.05) is 0 Å². The maximum absolute atomic E-state index is 16.2. The number of amides is 1. The van der Waals surface area contributed by atoms with Crippen LogP contribution in [0.5, 0.6) is 0 Å². The number of benzene rings is 1. The van der Waals surface area contributed by atoms with Crippen LogP contribution < -0.4 is 20.5 Å². The minimum absolute atomic E-state index is 0.119. The molecule has 11 heteroatoms. The Hall–Kier alpha value is -4.51. The fourth-order valence-electron chi connectivity index (χ4n) is 7.82. The fourth-order valence-corrected chi connectivity index (χ4v) is 7.82. The highest BCUT2D eigenvalue weighted by atomic mass is 19.1. The number of ether oxygens (including phenoxy) is 1. The van der Waals surface area contributed by atoms with Gasteiger partial charge in [-0.25, -0.2) is 9.18 Å². The zero-order valence-corrected chi connectivity index (χ0v) is 31.2. The van der Waals surface area contributed by atoms with Crippen molar-refractivity contribution < 1.29 is 13.9 Å². The number of alkyl carbamates (subject to hydrolysis) is 1. The highest BCUT2D eigenvalue weighted by molar-refractivity contribution is 5.84. The summed E-state index contributed by atoms with van der Waals surface area (Å²) in [6.07, 6.45) is 11.1. The lowest BCUT2D eigenvalue weighted by molar-refractivity contribution is 0.0500. The van der Waals surface area contributed by atoms with Gasteiger partial charge in [0, 0.05) is 92.1 Å². The van der Waals surface area contributed by atoms with E-state index in [0.29, 0.717) is 42.8 Å². The molecule has 0 unspecified atom stereocenters. The van der Waals surface area contributed by atoms with Crippen molar-refractivity contribution in [1.82, 2.24) is 24.8 Å². The largest absolute Gasteiger partial charge is 0.444 e. The van der Waals surface area contributed by atoms with Gasteiger partial charge < -0.3 is 24.4 Å². The van der Waals surface area contributed by atoms with E-state index in [4.69, 9.17) is 4.74 Å². The van der Waals surface area contributed by atoms with Gasteiger partial charge in [-0.05, 0) is 115 Å². The molecule has 3 aromatic heterocycles. The molecule has 1 aliphatic carbocycles. The highest BCUT2D eigenvalue weighted by Gasteiger charge is 2.31. The summed E-state index contributed by atoms with van der Waals surface area (Å²) in [4.78, 5) is 42.7. The normalized spacial score (nSPS) is 19.7. The van der Waals surface area contributed by atoms with Crippen molar-refractivity contribution in [3.05, 3.63) is 93.5 Å². The van der Waals surface area contributed by atoms with Crippen molar-refractivity contribution in [2.24, 2.45) is 0 Å². The van der Waals surface area contributed by atoms with E-state index in [2.05, 4.69) is 53.9 Å². The Labute approximate surface area is 306 Å². The van der Waals surface area contributed by atoms with Crippen molar-refractivity contribution in [2.75, 3.05) is 36.0 Å². The molecule has 0 bridgehead atoms. The third-order valence-corrected chi connectivity index (χ3v) is 10.5. The van der Waals surface area contributed by atoms with Crippen LogP contribution in [0.15, 0.2) is 59.8 Å². The number of carbonyl (C=O) groups excluding carboxylic acids is 1. The highest BCUT2D eigenvalue weighted by Crippen LogP contribution is 2.39. The van der Waals surface area contributed by atoms with Gasteiger partial charge in [0.05, 0.1) is 23.1 Å². The summed E-state index contributed by atoms with van der Waals surface area (Å²) in [6.45, 7) is 13.6. The lowest BCUT2D eigenvalue weighted by atomic mass is 10.0. The first-order valence-electron chi connectivity index (χ1n) is 18.8. The molecular formula is C41H52FN7O3. The Balaban J connectivity index is 1.19. The first-order valence-corrected chi connectivity index (χ1v) is 18.8. The molecular weight excluding hydrogens is 657 g/mol. The molecule has 2 atom stereocenters. The zero-order valence-electron chi connectivity index (χ0n) is 31.2. The van der Waals surface area contributed by atoms with E-state index in [1.54, 1.807) is 0 Å². The summed E-state index contributed by atoms with van der Waals surface area (Å²) < 4.78 is 23.9. The smallest absolute Gasteiger partial charge is 0.407 e. The maximum Gasteiger partial charge on any atom is 0.407 e. The maximum atomic E-state index is 16.2. The number of aryl methyl sites for hydroxylation is 2. The molecule has 52 heavy (non-hydrogen) atoms. The van der Waals surface area contributed by atoms with E-state index in [1.807, 2.05) is 64.2 Å². The number of piperidine rings is 2. The van der Waals surface area contributed by atoms with E-state index >= 15 is 4.39 Å². The molecule has 10 nitrogen and oxygen atoms in total. The number of fused-ring (bicyclic) bond motifs is 1. The van der Waals surface area contributed by atoms with Crippen LogP contribution in [0.1, 0.15) is 87.9 Å². The predicted octanol–water partition coefficient (Wildman–Crippen LogP) is 7.05. The number of pyridine rings is 3. The lowest BCUT2D eigenvalue weighted by Crippen LogP contribution is -2.49. The monoisotopic (exact) mass is 709 g/mol. The average Bonchev–Trinajstić information content (AvgIpc) is 3.94.